The first-order valence-corrected chi connectivity index (χ1v) is 7.47. The molecule has 1 aromatic rings. The summed E-state index contributed by atoms with van der Waals surface area (Å²) >= 11 is 7.43. The van der Waals surface area contributed by atoms with E-state index in [0.29, 0.717) is 5.02 Å². The zero-order valence-electron chi connectivity index (χ0n) is 11.7. The minimum Gasteiger partial charge on any atom is -0.481 e. The number of amides is 1. The van der Waals surface area contributed by atoms with Crippen molar-refractivity contribution in [2.45, 2.75) is 24.0 Å². The summed E-state index contributed by atoms with van der Waals surface area (Å²) < 4.78 is 0. The lowest BCUT2D eigenvalue weighted by Crippen LogP contribution is -2.37. The second-order valence-corrected chi connectivity index (χ2v) is 6.44. The molecule has 2 atom stereocenters. The first kappa shape index (κ1) is 16.9. The van der Waals surface area contributed by atoms with Gasteiger partial charge in [0.25, 0.3) is 0 Å². The van der Waals surface area contributed by atoms with E-state index < -0.39 is 11.9 Å². The van der Waals surface area contributed by atoms with Gasteiger partial charge in [0.05, 0.1) is 16.2 Å². The van der Waals surface area contributed by atoms with Crippen LogP contribution in [0.4, 0.5) is 0 Å². The quantitative estimate of drug-likeness (QED) is 0.820. The number of hydrogen-bond acceptors (Lipinski definition) is 3. The fourth-order valence-electron chi connectivity index (χ4n) is 1.67. The first-order valence-electron chi connectivity index (χ1n) is 6.22. The number of carbonyl (C=O) groups excluding carboxylic acids is 1. The Bertz CT molecular complexity index is 495. The standard InChI is InChI=1S/C14H18ClNO3S/c1-9(14(18)19)8-16(3)13(17)10(2)20-12-7-5-4-6-11(12)15/h4-7,9-10H,8H2,1-3H3,(H,18,19). The van der Waals surface area contributed by atoms with Crippen LogP contribution in [-0.4, -0.2) is 40.7 Å². The van der Waals surface area contributed by atoms with E-state index >= 15 is 0 Å². The van der Waals surface area contributed by atoms with E-state index in [1.54, 1.807) is 27.0 Å². The van der Waals surface area contributed by atoms with Gasteiger partial charge in [-0.3, -0.25) is 9.59 Å². The van der Waals surface area contributed by atoms with Gasteiger partial charge in [0.2, 0.25) is 5.91 Å². The predicted molar refractivity (Wildman–Crippen MR) is 81.2 cm³/mol. The van der Waals surface area contributed by atoms with Crippen LogP contribution in [0.25, 0.3) is 0 Å². The molecule has 0 aliphatic heterocycles. The summed E-state index contributed by atoms with van der Waals surface area (Å²) in [6.45, 7) is 3.57. The van der Waals surface area contributed by atoms with Gasteiger partial charge < -0.3 is 10.0 Å². The van der Waals surface area contributed by atoms with Crippen LogP contribution < -0.4 is 0 Å². The van der Waals surface area contributed by atoms with Crippen molar-refractivity contribution in [1.82, 2.24) is 4.90 Å². The number of carbonyl (C=O) groups is 2. The van der Waals surface area contributed by atoms with Gasteiger partial charge in [-0.25, -0.2) is 0 Å². The van der Waals surface area contributed by atoms with Gasteiger partial charge in [0, 0.05) is 18.5 Å². The Labute approximate surface area is 128 Å². The molecule has 0 spiro atoms. The Morgan fingerprint density at radius 3 is 2.50 bits per heavy atom. The molecular weight excluding hydrogens is 298 g/mol. The van der Waals surface area contributed by atoms with Gasteiger partial charge >= 0.3 is 5.97 Å². The summed E-state index contributed by atoms with van der Waals surface area (Å²) in [7, 11) is 1.62. The van der Waals surface area contributed by atoms with Gasteiger partial charge in [-0.05, 0) is 19.1 Å². The number of benzene rings is 1. The summed E-state index contributed by atoms with van der Waals surface area (Å²) in [5, 5.41) is 9.15. The van der Waals surface area contributed by atoms with Crippen LogP contribution in [-0.2, 0) is 9.59 Å². The molecule has 1 rings (SSSR count). The van der Waals surface area contributed by atoms with E-state index in [0.717, 1.165) is 4.90 Å². The van der Waals surface area contributed by atoms with Crippen LogP contribution in [0.15, 0.2) is 29.2 Å². The molecule has 0 radical (unpaired) electrons. The maximum atomic E-state index is 12.2. The van der Waals surface area contributed by atoms with E-state index in [1.807, 2.05) is 18.2 Å². The molecule has 110 valence electrons. The molecule has 0 fully saturated rings. The molecule has 0 saturated carbocycles. The second-order valence-electron chi connectivity index (χ2n) is 4.65. The Kier molecular flexibility index (Phi) is 6.36. The van der Waals surface area contributed by atoms with Crippen LogP contribution in [0, 0.1) is 5.92 Å². The number of aliphatic carboxylic acids is 1. The fourth-order valence-corrected chi connectivity index (χ4v) is 2.94. The maximum absolute atomic E-state index is 12.2. The second kappa shape index (κ2) is 7.55. The summed E-state index contributed by atoms with van der Waals surface area (Å²) in [4.78, 5) is 25.3. The molecule has 6 heteroatoms. The minimum absolute atomic E-state index is 0.108. The molecule has 0 aliphatic carbocycles. The summed E-state index contributed by atoms with van der Waals surface area (Å²) in [6, 6.07) is 7.33. The highest BCUT2D eigenvalue weighted by molar-refractivity contribution is 8.00. The average molecular weight is 316 g/mol. The minimum atomic E-state index is -0.906. The first-order chi connectivity index (χ1) is 9.32. The number of carboxylic acid groups (broad SMARTS) is 1. The molecule has 1 N–H and O–H groups in total. The molecule has 0 heterocycles. The highest BCUT2D eigenvalue weighted by Gasteiger charge is 2.22. The molecule has 1 aromatic carbocycles. The van der Waals surface area contributed by atoms with Gasteiger partial charge in [0.1, 0.15) is 0 Å². The Balaban J connectivity index is 2.63. The number of halogens is 1. The Hall–Kier alpha value is -1.20. The summed E-state index contributed by atoms with van der Waals surface area (Å²) in [6.07, 6.45) is 0. The van der Waals surface area contributed by atoms with E-state index in [-0.39, 0.29) is 17.7 Å². The van der Waals surface area contributed by atoms with E-state index in [1.165, 1.54) is 16.7 Å². The van der Waals surface area contributed by atoms with Gasteiger partial charge in [0.15, 0.2) is 0 Å². The smallest absolute Gasteiger partial charge is 0.308 e. The van der Waals surface area contributed by atoms with Gasteiger partial charge in [-0.1, -0.05) is 30.7 Å². The number of thioether (sulfide) groups is 1. The van der Waals surface area contributed by atoms with E-state index in [4.69, 9.17) is 16.7 Å². The third-order valence-electron chi connectivity index (χ3n) is 2.83. The molecule has 0 saturated heterocycles. The van der Waals surface area contributed by atoms with Gasteiger partial charge in [-0.2, -0.15) is 0 Å². The van der Waals surface area contributed by atoms with Crippen molar-refractivity contribution in [1.29, 1.82) is 0 Å². The molecule has 0 aliphatic rings. The lowest BCUT2D eigenvalue weighted by molar-refractivity contribution is -0.142. The van der Waals surface area contributed by atoms with Crippen LogP contribution in [0.5, 0.6) is 0 Å². The molecule has 1 amide bonds. The van der Waals surface area contributed by atoms with E-state index in [2.05, 4.69) is 0 Å². The average Bonchev–Trinajstić information content (AvgIpc) is 2.40. The molecule has 0 aromatic heterocycles. The lowest BCUT2D eigenvalue weighted by atomic mass is 10.2. The zero-order chi connectivity index (χ0) is 15.3. The fraction of sp³-hybridized carbons (Fsp3) is 0.429. The normalized spacial score (nSPS) is 13.6. The number of nitrogens with zero attached hydrogens (tertiary/aromatic N) is 1. The van der Waals surface area contributed by atoms with E-state index in [9.17, 15) is 9.59 Å². The molecule has 2 unspecified atom stereocenters. The van der Waals surface area contributed by atoms with Crippen LogP contribution in [0.2, 0.25) is 5.02 Å². The molecule has 4 nitrogen and oxygen atoms in total. The highest BCUT2D eigenvalue weighted by Crippen LogP contribution is 2.30. The monoisotopic (exact) mass is 315 g/mol. The lowest BCUT2D eigenvalue weighted by Gasteiger charge is -2.23. The van der Waals surface area contributed by atoms with Crippen molar-refractivity contribution in [2.75, 3.05) is 13.6 Å². The maximum Gasteiger partial charge on any atom is 0.308 e. The third kappa shape index (κ3) is 4.72. The Morgan fingerprint density at radius 1 is 1.35 bits per heavy atom. The predicted octanol–water partition coefficient (Wildman–Crippen LogP) is 3.00. The number of rotatable bonds is 6. The topological polar surface area (TPSA) is 57.6 Å². The summed E-state index contributed by atoms with van der Waals surface area (Å²) in [5.41, 5.74) is 0. The molecular formula is C14H18ClNO3S. The van der Waals surface area contributed by atoms with Crippen molar-refractivity contribution >= 4 is 35.2 Å². The largest absolute Gasteiger partial charge is 0.481 e. The summed E-state index contributed by atoms with van der Waals surface area (Å²) in [5.74, 6) is -1.60. The number of carboxylic acids is 1. The van der Waals surface area contributed by atoms with Crippen LogP contribution >= 0.6 is 23.4 Å². The number of hydrogen-bond donors (Lipinski definition) is 1. The zero-order valence-corrected chi connectivity index (χ0v) is 13.2. The molecule has 20 heavy (non-hydrogen) atoms. The van der Waals surface area contributed by atoms with Crippen molar-refractivity contribution in [3.8, 4) is 0 Å². The van der Waals surface area contributed by atoms with Crippen molar-refractivity contribution in [2.24, 2.45) is 5.92 Å². The molecule has 0 bridgehead atoms. The Morgan fingerprint density at radius 2 is 1.95 bits per heavy atom. The van der Waals surface area contributed by atoms with Crippen LogP contribution in [0.3, 0.4) is 0 Å². The highest BCUT2D eigenvalue weighted by atomic mass is 35.5. The van der Waals surface area contributed by atoms with Crippen molar-refractivity contribution in [3.05, 3.63) is 29.3 Å². The van der Waals surface area contributed by atoms with Crippen molar-refractivity contribution in [3.63, 3.8) is 0 Å². The third-order valence-corrected chi connectivity index (χ3v) is 4.44. The SMILES string of the molecule is CC(CN(C)C(=O)C(C)Sc1ccccc1Cl)C(=O)O. The van der Waals surface area contributed by atoms with Crippen LogP contribution in [0.1, 0.15) is 13.8 Å². The van der Waals surface area contributed by atoms with Gasteiger partial charge in [-0.15, -0.1) is 11.8 Å². The van der Waals surface area contributed by atoms with Crippen molar-refractivity contribution < 1.29 is 14.7 Å².